The van der Waals surface area contributed by atoms with E-state index in [-0.39, 0.29) is 0 Å². The second-order valence-corrected chi connectivity index (χ2v) is 3.11. The number of hydrogen-bond acceptors (Lipinski definition) is 3. The molecule has 0 saturated heterocycles. The van der Waals surface area contributed by atoms with E-state index < -0.39 is 0 Å². The van der Waals surface area contributed by atoms with Crippen molar-refractivity contribution in [1.29, 1.82) is 0 Å². The number of pyridine rings is 1. The highest BCUT2D eigenvalue weighted by Gasteiger charge is 1.98. The van der Waals surface area contributed by atoms with Gasteiger partial charge in [0.25, 0.3) is 0 Å². The Morgan fingerprint density at radius 3 is 2.75 bits per heavy atom. The summed E-state index contributed by atoms with van der Waals surface area (Å²) in [4.78, 5) is 5.23. The first kappa shape index (κ1) is 9.13. The summed E-state index contributed by atoms with van der Waals surface area (Å²) in [5, 5.41) is 1.22. The molecule has 0 fully saturated rings. The molecule has 0 unspecified atom stereocenters. The van der Waals surface area contributed by atoms with Crippen LogP contribution >= 0.6 is 11.5 Å². The van der Waals surface area contributed by atoms with E-state index in [9.17, 15) is 0 Å². The third kappa shape index (κ3) is 1.61. The van der Waals surface area contributed by atoms with Gasteiger partial charge in [0, 0.05) is 16.5 Å². The van der Waals surface area contributed by atoms with Crippen molar-refractivity contribution in [3.05, 3.63) is 23.3 Å². The molecule has 2 aromatic heterocycles. The van der Waals surface area contributed by atoms with Crippen molar-refractivity contribution in [2.75, 3.05) is 0 Å². The van der Waals surface area contributed by atoms with Gasteiger partial charge in [-0.3, -0.25) is 4.98 Å². The van der Waals surface area contributed by atoms with E-state index in [1.54, 1.807) is 12.4 Å². The highest BCUT2D eigenvalue weighted by Crippen LogP contribution is 2.18. The van der Waals surface area contributed by atoms with Gasteiger partial charge in [0.2, 0.25) is 0 Å². The van der Waals surface area contributed by atoms with E-state index in [0.717, 1.165) is 5.52 Å². The fourth-order valence-corrected chi connectivity index (χ4v) is 1.58. The Morgan fingerprint density at radius 2 is 2.08 bits per heavy atom. The molecule has 0 aliphatic rings. The Labute approximate surface area is 76.4 Å². The molecule has 2 heterocycles. The zero-order valence-electron chi connectivity index (χ0n) is 7.53. The summed E-state index contributed by atoms with van der Waals surface area (Å²) in [5.74, 6) is 0. The molecule has 64 valence electrons. The number of aromatic nitrogens is 2. The quantitative estimate of drug-likeness (QED) is 0.622. The highest BCUT2D eigenvalue weighted by molar-refractivity contribution is 7.07. The predicted octanol–water partition coefficient (Wildman–Crippen LogP) is 3.03. The summed E-state index contributed by atoms with van der Waals surface area (Å²) in [6.07, 6.45) is 3.59. The molecule has 3 heteroatoms. The van der Waals surface area contributed by atoms with Gasteiger partial charge in [0.1, 0.15) is 5.52 Å². The lowest BCUT2D eigenvalue weighted by molar-refractivity contribution is 1.35. The van der Waals surface area contributed by atoms with Gasteiger partial charge in [-0.05, 0) is 24.5 Å². The Bertz CT molecular complexity index is 354. The van der Waals surface area contributed by atoms with Crippen LogP contribution < -0.4 is 0 Å². The van der Waals surface area contributed by atoms with E-state index in [1.165, 1.54) is 21.8 Å². The van der Waals surface area contributed by atoms with Crippen LogP contribution in [0, 0.1) is 6.92 Å². The van der Waals surface area contributed by atoms with Crippen LogP contribution in [0.2, 0.25) is 0 Å². The summed E-state index contributed by atoms with van der Waals surface area (Å²) in [5.41, 5.74) is 1.00. The molecule has 0 aliphatic heterocycles. The molecule has 0 N–H and O–H groups in total. The molecule has 2 rings (SSSR count). The SMILES string of the molecule is CC.Cc1snc2cnccc12. The zero-order valence-corrected chi connectivity index (χ0v) is 8.35. The van der Waals surface area contributed by atoms with Crippen LogP contribution in [0.4, 0.5) is 0 Å². The molecule has 0 saturated carbocycles. The molecule has 0 atom stereocenters. The first-order valence-electron chi connectivity index (χ1n) is 4.04. The van der Waals surface area contributed by atoms with Crippen molar-refractivity contribution < 1.29 is 0 Å². The number of rotatable bonds is 0. The second-order valence-electron chi connectivity index (χ2n) is 2.13. The Morgan fingerprint density at radius 1 is 1.33 bits per heavy atom. The molecule has 2 nitrogen and oxygen atoms in total. The molecule has 0 radical (unpaired) electrons. The van der Waals surface area contributed by atoms with Gasteiger partial charge in [0.05, 0.1) is 6.20 Å². The molecule has 0 bridgehead atoms. The summed E-state index contributed by atoms with van der Waals surface area (Å²) in [6.45, 7) is 6.07. The smallest absolute Gasteiger partial charge is 0.103 e. The van der Waals surface area contributed by atoms with Crippen LogP contribution in [0.5, 0.6) is 0 Å². The Balaban J connectivity index is 0.000000336. The van der Waals surface area contributed by atoms with Crippen LogP contribution in [0.15, 0.2) is 18.5 Å². The van der Waals surface area contributed by atoms with Crippen molar-refractivity contribution in [3.63, 3.8) is 0 Å². The number of hydrogen-bond donors (Lipinski definition) is 0. The fourth-order valence-electron chi connectivity index (χ4n) is 0.923. The molecular formula is C9H12N2S. The first-order chi connectivity index (χ1) is 5.88. The van der Waals surface area contributed by atoms with E-state index in [4.69, 9.17) is 0 Å². The lowest BCUT2D eigenvalue weighted by atomic mass is 10.3. The summed E-state index contributed by atoms with van der Waals surface area (Å²) >= 11 is 1.53. The first-order valence-corrected chi connectivity index (χ1v) is 4.81. The second kappa shape index (κ2) is 4.16. The maximum absolute atomic E-state index is 4.20. The fraction of sp³-hybridized carbons (Fsp3) is 0.333. The number of fused-ring (bicyclic) bond motifs is 1. The van der Waals surface area contributed by atoms with Crippen LogP contribution in [-0.4, -0.2) is 9.36 Å². The van der Waals surface area contributed by atoms with Gasteiger partial charge < -0.3 is 0 Å². The minimum atomic E-state index is 1.00. The average Bonchev–Trinajstić information content (AvgIpc) is 2.53. The molecular weight excluding hydrogens is 168 g/mol. The molecule has 0 aliphatic carbocycles. The monoisotopic (exact) mass is 180 g/mol. The molecule has 12 heavy (non-hydrogen) atoms. The minimum absolute atomic E-state index is 1.00. The third-order valence-electron chi connectivity index (χ3n) is 1.46. The van der Waals surface area contributed by atoms with Crippen molar-refractivity contribution >= 4 is 22.4 Å². The van der Waals surface area contributed by atoms with Crippen LogP contribution in [0.3, 0.4) is 0 Å². The van der Waals surface area contributed by atoms with Gasteiger partial charge in [-0.25, -0.2) is 0 Å². The summed E-state index contributed by atoms with van der Waals surface area (Å²) < 4.78 is 4.20. The zero-order chi connectivity index (χ0) is 8.97. The largest absolute Gasteiger partial charge is 0.262 e. The lowest BCUT2D eigenvalue weighted by Gasteiger charge is -1.84. The van der Waals surface area contributed by atoms with Gasteiger partial charge in [-0.2, -0.15) is 4.37 Å². The lowest BCUT2D eigenvalue weighted by Crippen LogP contribution is -1.70. The van der Waals surface area contributed by atoms with Gasteiger partial charge in [0.15, 0.2) is 0 Å². The van der Waals surface area contributed by atoms with E-state index in [0.29, 0.717) is 0 Å². The van der Waals surface area contributed by atoms with Crippen molar-refractivity contribution in [3.8, 4) is 0 Å². The molecule has 0 aromatic carbocycles. The summed E-state index contributed by atoms with van der Waals surface area (Å²) in [7, 11) is 0. The topological polar surface area (TPSA) is 25.8 Å². The van der Waals surface area contributed by atoms with E-state index >= 15 is 0 Å². The minimum Gasteiger partial charge on any atom is -0.262 e. The van der Waals surface area contributed by atoms with Crippen molar-refractivity contribution in [2.24, 2.45) is 0 Å². The van der Waals surface area contributed by atoms with Gasteiger partial charge in [-0.15, -0.1) is 0 Å². The van der Waals surface area contributed by atoms with Crippen LogP contribution in [0.25, 0.3) is 10.9 Å². The molecule has 0 amide bonds. The van der Waals surface area contributed by atoms with Crippen LogP contribution in [0.1, 0.15) is 18.7 Å². The standard InChI is InChI=1S/C7H6N2S.C2H6/c1-5-6-2-3-8-4-7(6)9-10-5;1-2/h2-4H,1H3;1-2H3. The Kier molecular flexibility index (Phi) is 3.17. The number of aryl methyl sites for hydroxylation is 1. The summed E-state index contributed by atoms with van der Waals surface area (Å²) in [6, 6.07) is 1.99. The van der Waals surface area contributed by atoms with Crippen LogP contribution in [-0.2, 0) is 0 Å². The average molecular weight is 180 g/mol. The molecule has 0 spiro atoms. The van der Waals surface area contributed by atoms with E-state index in [1.807, 2.05) is 19.9 Å². The predicted molar refractivity (Wildman–Crippen MR) is 53.5 cm³/mol. The maximum Gasteiger partial charge on any atom is 0.103 e. The third-order valence-corrected chi connectivity index (χ3v) is 2.24. The maximum atomic E-state index is 4.20. The van der Waals surface area contributed by atoms with E-state index in [2.05, 4.69) is 16.3 Å². The van der Waals surface area contributed by atoms with Crippen molar-refractivity contribution in [1.82, 2.24) is 9.36 Å². The normalized spacial score (nSPS) is 9.25. The van der Waals surface area contributed by atoms with Crippen molar-refractivity contribution in [2.45, 2.75) is 20.8 Å². The van der Waals surface area contributed by atoms with Gasteiger partial charge >= 0.3 is 0 Å². The Hall–Kier alpha value is -0.960. The number of nitrogens with zero attached hydrogens (tertiary/aromatic N) is 2. The molecule has 2 aromatic rings. The van der Waals surface area contributed by atoms with Gasteiger partial charge in [-0.1, -0.05) is 13.8 Å². The highest BCUT2D eigenvalue weighted by atomic mass is 32.1.